The molecule has 0 radical (unpaired) electrons. The van der Waals surface area contributed by atoms with Gasteiger partial charge < -0.3 is 9.47 Å². The van der Waals surface area contributed by atoms with Gasteiger partial charge in [-0.05, 0) is 29.0 Å². The summed E-state index contributed by atoms with van der Waals surface area (Å²) >= 11 is 0. The summed E-state index contributed by atoms with van der Waals surface area (Å²) in [5.41, 5.74) is -0.484. The van der Waals surface area contributed by atoms with Crippen LogP contribution in [-0.2, 0) is 9.53 Å². The van der Waals surface area contributed by atoms with E-state index < -0.39 is 11.6 Å². The van der Waals surface area contributed by atoms with E-state index in [2.05, 4.69) is 5.27 Å². The number of nitrogens with one attached hydrogen (secondary N) is 1. The lowest BCUT2D eigenvalue weighted by Crippen LogP contribution is -2.37. The Bertz CT molecular complexity index is 824. The first-order valence-corrected chi connectivity index (χ1v) is 6.67. The van der Waals surface area contributed by atoms with Gasteiger partial charge in [0.2, 0.25) is 5.69 Å². The highest BCUT2D eigenvalue weighted by Crippen LogP contribution is 2.11. The zero-order valence-corrected chi connectivity index (χ0v) is 12.5. The van der Waals surface area contributed by atoms with Gasteiger partial charge in [-0.1, -0.05) is 0 Å². The van der Waals surface area contributed by atoms with Crippen molar-refractivity contribution in [2.24, 2.45) is 0 Å². The fraction of sp³-hybridized carbons (Fsp3) is 0.200. The molecule has 1 heterocycles. The predicted octanol–water partition coefficient (Wildman–Crippen LogP) is 0.723. The molecule has 0 aliphatic rings. The maximum atomic E-state index is 11.8. The lowest BCUT2D eigenvalue weighted by molar-refractivity contribution is -0.672. The minimum atomic E-state index is -0.808. The molecule has 8 nitrogen and oxygen atoms in total. The third kappa shape index (κ3) is 3.47. The van der Waals surface area contributed by atoms with Crippen molar-refractivity contribution in [2.45, 2.75) is 6.92 Å². The van der Waals surface area contributed by atoms with E-state index in [0.29, 0.717) is 11.4 Å². The fourth-order valence-corrected chi connectivity index (χ4v) is 1.81. The summed E-state index contributed by atoms with van der Waals surface area (Å²) in [6.45, 7) is 1.74. The lowest BCUT2D eigenvalue weighted by atomic mass is 10.2. The molecule has 0 aliphatic carbocycles. The third-order valence-electron chi connectivity index (χ3n) is 2.91. The molecule has 0 atom stereocenters. The van der Waals surface area contributed by atoms with Gasteiger partial charge in [0.25, 0.3) is 0 Å². The van der Waals surface area contributed by atoms with E-state index in [1.807, 2.05) is 0 Å². The van der Waals surface area contributed by atoms with Gasteiger partial charge in [0.05, 0.1) is 13.7 Å². The first kappa shape index (κ1) is 16.0. The molecule has 2 aromatic rings. The van der Waals surface area contributed by atoms with Crippen molar-refractivity contribution in [1.29, 1.82) is 5.26 Å². The number of methoxy groups -OCH3 is 1. The second kappa shape index (κ2) is 7.09. The van der Waals surface area contributed by atoms with E-state index in [-0.39, 0.29) is 17.9 Å². The predicted molar refractivity (Wildman–Crippen MR) is 77.6 cm³/mol. The molecule has 0 saturated carbocycles. The molecule has 0 amide bonds. The Kier molecular flexibility index (Phi) is 4.94. The van der Waals surface area contributed by atoms with Crippen LogP contribution in [0.15, 0.2) is 39.2 Å². The number of ether oxygens (including phenoxy) is 2. The van der Waals surface area contributed by atoms with E-state index in [9.17, 15) is 9.59 Å². The number of esters is 1. The summed E-state index contributed by atoms with van der Waals surface area (Å²) in [6.07, 6.45) is 1.12. The van der Waals surface area contributed by atoms with Crippen molar-refractivity contribution in [1.82, 2.24) is 5.27 Å². The first-order chi connectivity index (χ1) is 11.1. The maximum Gasteiger partial charge on any atom is 0.435 e. The molecule has 118 valence electrons. The molecule has 0 fully saturated rings. The molecule has 1 aromatic carbocycles. The topological polar surface area (TPSA) is 109 Å². The minimum Gasteiger partial charge on any atom is -0.497 e. The molecule has 0 unspecified atom stereocenters. The zero-order valence-electron chi connectivity index (χ0n) is 12.5. The summed E-state index contributed by atoms with van der Waals surface area (Å²) in [5, 5.41) is 11.5. The number of nitriles is 1. The summed E-state index contributed by atoms with van der Waals surface area (Å²) in [7, 11) is 1.54. The van der Waals surface area contributed by atoms with Gasteiger partial charge in [0, 0.05) is 18.2 Å². The Morgan fingerprint density at radius 1 is 1.43 bits per heavy atom. The summed E-state index contributed by atoms with van der Waals surface area (Å²) in [4.78, 5) is 23.5. The van der Waals surface area contributed by atoms with Crippen molar-refractivity contribution in [3.8, 4) is 17.5 Å². The van der Waals surface area contributed by atoms with Gasteiger partial charge in [0.1, 0.15) is 17.4 Å². The maximum absolute atomic E-state index is 11.8. The van der Waals surface area contributed by atoms with Crippen molar-refractivity contribution in [3.05, 3.63) is 46.0 Å². The largest absolute Gasteiger partial charge is 0.497 e. The number of H-pyrrole nitrogens is 1. The van der Waals surface area contributed by atoms with Crippen LogP contribution in [-0.4, -0.2) is 25.0 Å². The molecule has 2 rings (SSSR count). The Balaban J connectivity index is 2.48. The number of benzene rings is 1. The highest BCUT2D eigenvalue weighted by atomic mass is 16.5. The fourth-order valence-electron chi connectivity index (χ4n) is 1.81. The normalized spacial score (nSPS) is 10.9. The van der Waals surface area contributed by atoms with E-state index in [1.165, 1.54) is 11.8 Å². The molecule has 0 saturated heterocycles. The SMILES string of the molecule is CCOC(=O)/C(C#N)=C/c1c(=O)o[nH][n+]1-c1ccc(OC)cc1. The van der Waals surface area contributed by atoms with Gasteiger partial charge in [0.15, 0.2) is 0 Å². The van der Waals surface area contributed by atoms with Crippen molar-refractivity contribution in [2.75, 3.05) is 13.7 Å². The second-order valence-corrected chi connectivity index (χ2v) is 4.29. The van der Waals surface area contributed by atoms with Crippen LogP contribution in [0.25, 0.3) is 11.8 Å². The van der Waals surface area contributed by atoms with Gasteiger partial charge in [-0.2, -0.15) is 5.26 Å². The van der Waals surface area contributed by atoms with Crippen molar-refractivity contribution >= 4 is 12.0 Å². The molecule has 0 spiro atoms. The highest BCUT2D eigenvalue weighted by molar-refractivity contribution is 5.97. The third-order valence-corrected chi connectivity index (χ3v) is 2.91. The van der Waals surface area contributed by atoms with Crippen LogP contribution in [0, 0.1) is 11.3 Å². The number of carbonyl (C=O) groups excluding carboxylic acids is 1. The first-order valence-electron chi connectivity index (χ1n) is 6.67. The summed E-state index contributed by atoms with van der Waals surface area (Å²) in [5.74, 6) is -0.168. The molecule has 0 aliphatic heterocycles. The molecule has 23 heavy (non-hydrogen) atoms. The molecular formula is C15H14N3O5+. The van der Waals surface area contributed by atoms with Crippen molar-refractivity contribution < 1.29 is 23.5 Å². The number of hydrogen-bond donors (Lipinski definition) is 1. The van der Waals surface area contributed by atoms with Crippen LogP contribution >= 0.6 is 0 Å². The second-order valence-electron chi connectivity index (χ2n) is 4.29. The monoisotopic (exact) mass is 316 g/mol. The molecule has 8 heteroatoms. The van der Waals surface area contributed by atoms with Crippen LogP contribution in [0.5, 0.6) is 5.75 Å². The van der Waals surface area contributed by atoms with Crippen LogP contribution in [0.2, 0.25) is 0 Å². The standard InChI is InChI=1S/C15H13N3O5/c1-3-22-14(19)10(9-16)8-13-15(20)23-17-18(13)11-4-6-12(21-2)7-5-11/h4-8H,3H2,1-2H3/p+1. The minimum absolute atomic E-state index is 0.0141. The lowest BCUT2D eigenvalue weighted by Gasteiger charge is -1.98. The van der Waals surface area contributed by atoms with Crippen LogP contribution in [0.4, 0.5) is 0 Å². The average molecular weight is 316 g/mol. The Morgan fingerprint density at radius 2 is 2.13 bits per heavy atom. The Hall–Kier alpha value is -3.34. The average Bonchev–Trinajstić information content (AvgIpc) is 2.93. The molecule has 1 aromatic heterocycles. The Labute approximate surface area is 131 Å². The number of carbonyl (C=O) groups is 1. The molecular weight excluding hydrogens is 302 g/mol. The van der Waals surface area contributed by atoms with Crippen LogP contribution < -0.4 is 15.0 Å². The summed E-state index contributed by atoms with van der Waals surface area (Å²) in [6, 6.07) is 8.45. The van der Waals surface area contributed by atoms with Gasteiger partial charge >= 0.3 is 17.3 Å². The smallest absolute Gasteiger partial charge is 0.435 e. The van der Waals surface area contributed by atoms with Gasteiger partial charge in [-0.25, -0.2) is 9.59 Å². The van der Waals surface area contributed by atoms with Gasteiger partial charge in [-0.15, -0.1) is 0 Å². The molecule has 0 bridgehead atoms. The van der Waals surface area contributed by atoms with E-state index in [0.717, 1.165) is 6.08 Å². The number of rotatable bonds is 5. The van der Waals surface area contributed by atoms with Crippen molar-refractivity contribution in [3.63, 3.8) is 0 Å². The zero-order chi connectivity index (χ0) is 16.8. The Morgan fingerprint density at radius 3 is 2.70 bits per heavy atom. The van der Waals surface area contributed by atoms with Crippen LogP contribution in [0.3, 0.4) is 0 Å². The van der Waals surface area contributed by atoms with Gasteiger partial charge in [-0.3, -0.25) is 4.52 Å². The number of aromatic nitrogens is 2. The summed E-state index contributed by atoms with van der Waals surface area (Å²) < 4.78 is 15.9. The van der Waals surface area contributed by atoms with E-state index in [1.54, 1.807) is 37.3 Å². The number of hydrogen-bond acceptors (Lipinski definition) is 6. The number of nitrogens with zero attached hydrogens (tertiary/aromatic N) is 2. The van der Waals surface area contributed by atoms with Crippen LogP contribution in [0.1, 0.15) is 12.6 Å². The number of aromatic amines is 1. The van der Waals surface area contributed by atoms with E-state index in [4.69, 9.17) is 19.3 Å². The van der Waals surface area contributed by atoms with E-state index >= 15 is 0 Å². The highest BCUT2D eigenvalue weighted by Gasteiger charge is 2.24. The molecule has 1 N–H and O–H groups in total. The quantitative estimate of drug-likeness (QED) is 0.377.